The third kappa shape index (κ3) is 3.38. The molecule has 3 rings (SSSR count). The number of hydrogen-bond acceptors (Lipinski definition) is 3. The van der Waals surface area contributed by atoms with Crippen molar-refractivity contribution in [2.24, 2.45) is 0 Å². The van der Waals surface area contributed by atoms with Gasteiger partial charge >= 0.3 is 5.69 Å². The van der Waals surface area contributed by atoms with Crippen molar-refractivity contribution in [1.29, 1.82) is 0 Å². The van der Waals surface area contributed by atoms with Gasteiger partial charge in [-0.15, -0.1) is 0 Å². The Morgan fingerprint density at radius 2 is 1.79 bits per heavy atom. The molecule has 0 radical (unpaired) electrons. The van der Waals surface area contributed by atoms with E-state index in [0.29, 0.717) is 15.9 Å². The standard InChI is InChI=1S/C17H14ClN3O3/c18-12-7-5-11(6-8-12)9-19-15(22)10-21-16(23)13-3-1-2-4-14(13)20-17(21)24/h1-8H,9-10H2,(H,19,22)(H,20,24). The van der Waals surface area contributed by atoms with Crippen LogP contribution in [0.4, 0.5) is 0 Å². The van der Waals surface area contributed by atoms with Crippen LogP contribution in [0.3, 0.4) is 0 Å². The zero-order chi connectivity index (χ0) is 17.1. The van der Waals surface area contributed by atoms with Crippen LogP contribution in [0.2, 0.25) is 5.02 Å². The van der Waals surface area contributed by atoms with Crippen LogP contribution in [0, 0.1) is 0 Å². The maximum Gasteiger partial charge on any atom is 0.329 e. The minimum Gasteiger partial charge on any atom is -0.350 e. The van der Waals surface area contributed by atoms with Gasteiger partial charge < -0.3 is 10.3 Å². The number of carbonyl (C=O) groups excluding carboxylic acids is 1. The second-order valence-corrected chi connectivity index (χ2v) is 5.71. The summed E-state index contributed by atoms with van der Waals surface area (Å²) in [5, 5.41) is 3.65. The van der Waals surface area contributed by atoms with Crippen LogP contribution >= 0.6 is 11.6 Å². The lowest BCUT2D eigenvalue weighted by Gasteiger charge is -2.08. The van der Waals surface area contributed by atoms with E-state index in [2.05, 4.69) is 10.3 Å². The molecule has 0 saturated heterocycles. The topological polar surface area (TPSA) is 84.0 Å². The molecule has 0 saturated carbocycles. The highest BCUT2D eigenvalue weighted by molar-refractivity contribution is 6.30. The highest BCUT2D eigenvalue weighted by atomic mass is 35.5. The van der Waals surface area contributed by atoms with Crippen molar-refractivity contribution in [2.75, 3.05) is 0 Å². The largest absolute Gasteiger partial charge is 0.350 e. The number of aromatic nitrogens is 2. The third-order valence-electron chi connectivity index (χ3n) is 3.59. The maximum atomic E-state index is 12.3. The van der Waals surface area contributed by atoms with E-state index in [4.69, 9.17) is 11.6 Å². The molecule has 122 valence electrons. The first-order chi connectivity index (χ1) is 11.5. The predicted molar refractivity (Wildman–Crippen MR) is 92.1 cm³/mol. The van der Waals surface area contributed by atoms with Crippen LogP contribution < -0.4 is 16.6 Å². The number of carbonyl (C=O) groups is 1. The lowest BCUT2D eigenvalue weighted by atomic mass is 10.2. The van der Waals surface area contributed by atoms with Crippen molar-refractivity contribution in [3.05, 3.63) is 80.0 Å². The molecule has 0 aliphatic heterocycles. The summed E-state index contributed by atoms with van der Waals surface area (Å²) in [6.07, 6.45) is 0. The van der Waals surface area contributed by atoms with Gasteiger partial charge in [-0.05, 0) is 29.8 Å². The summed E-state index contributed by atoms with van der Waals surface area (Å²) in [7, 11) is 0. The maximum absolute atomic E-state index is 12.3. The average molecular weight is 344 g/mol. The minimum atomic E-state index is -0.611. The molecular weight excluding hydrogens is 330 g/mol. The summed E-state index contributed by atoms with van der Waals surface area (Å²) in [5.41, 5.74) is 0.217. The van der Waals surface area contributed by atoms with Crippen LogP contribution in [0.5, 0.6) is 0 Å². The molecular formula is C17H14ClN3O3. The molecule has 6 nitrogen and oxygen atoms in total. The summed E-state index contributed by atoms with van der Waals surface area (Å²) in [6.45, 7) is -0.0527. The zero-order valence-corrected chi connectivity index (χ0v) is 13.3. The Kier molecular flexibility index (Phi) is 4.48. The fourth-order valence-corrected chi connectivity index (χ4v) is 2.47. The van der Waals surface area contributed by atoms with Gasteiger partial charge in [0.15, 0.2) is 0 Å². The molecule has 7 heteroatoms. The average Bonchev–Trinajstić information content (AvgIpc) is 2.58. The number of halogens is 1. The molecule has 1 amide bonds. The zero-order valence-electron chi connectivity index (χ0n) is 12.6. The van der Waals surface area contributed by atoms with E-state index in [9.17, 15) is 14.4 Å². The molecule has 0 unspecified atom stereocenters. The number of nitrogens with one attached hydrogen (secondary N) is 2. The molecule has 24 heavy (non-hydrogen) atoms. The molecule has 0 aliphatic carbocycles. The van der Waals surface area contributed by atoms with Crippen LogP contribution in [-0.4, -0.2) is 15.5 Å². The monoisotopic (exact) mass is 343 g/mol. The number of H-pyrrole nitrogens is 1. The number of nitrogens with zero attached hydrogens (tertiary/aromatic N) is 1. The third-order valence-corrected chi connectivity index (χ3v) is 3.85. The molecule has 0 bridgehead atoms. The Bertz CT molecular complexity index is 1010. The Morgan fingerprint density at radius 3 is 2.54 bits per heavy atom. The van der Waals surface area contributed by atoms with Crippen molar-refractivity contribution < 1.29 is 4.79 Å². The Labute approximate surface area is 141 Å². The SMILES string of the molecule is O=C(Cn1c(=O)[nH]c2ccccc2c1=O)NCc1ccc(Cl)cc1. The summed E-state index contributed by atoms with van der Waals surface area (Å²) >= 11 is 5.80. The van der Waals surface area contributed by atoms with E-state index in [1.807, 2.05) is 0 Å². The Hall–Kier alpha value is -2.86. The van der Waals surface area contributed by atoms with Gasteiger partial charge in [0.2, 0.25) is 5.91 Å². The quantitative estimate of drug-likeness (QED) is 0.755. The number of hydrogen-bond donors (Lipinski definition) is 2. The van der Waals surface area contributed by atoms with Gasteiger partial charge in [-0.2, -0.15) is 0 Å². The number of benzene rings is 2. The van der Waals surface area contributed by atoms with Gasteiger partial charge in [0, 0.05) is 11.6 Å². The van der Waals surface area contributed by atoms with E-state index in [1.165, 1.54) is 0 Å². The van der Waals surface area contributed by atoms with E-state index in [-0.39, 0.29) is 13.1 Å². The number of amides is 1. The van der Waals surface area contributed by atoms with Crippen LogP contribution in [0.1, 0.15) is 5.56 Å². The van der Waals surface area contributed by atoms with Crippen LogP contribution in [0.15, 0.2) is 58.1 Å². The van der Waals surface area contributed by atoms with Crippen molar-refractivity contribution >= 4 is 28.4 Å². The number of fused-ring (bicyclic) bond motifs is 1. The molecule has 0 atom stereocenters. The number of para-hydroxylation sites is 1. The Balaban J connectivity index is 1.77. The van der Waals surface area contributed by atoms with Gasteiger partial charge in [0.25, 0.3) is 5.56 Å². The van der Waals surface area contributed by atoms with Gasteiger partial charge in [-0.3, -0.25) is 14.2 Å². The molecule has 0 aliphatic rings. The fourth-order valence-electron chi connectivity index (χ4n) is 2.34. The van der Waals surface area contributed by atoms with Crippen molar-refractivity contribution in [3.8, 4) is 0 Å². The molecule has 0 spiro atoms. The summed E-state index contributed by atoms with van der Waals surface area (Å²) in [5.74, 6) is -0.423. The molecule has 1 heterocycles. The smallest absolute Gasteiger partial charge is 0.329 e. The molecule has 3 aromatic rings. The second-order valence-electron chi connectivity index (χ2n) is 5.27. The first-order valence-electron chi connectivity index (χ1n) is 7.27. The van der Waals surface area contributed by atoms with Crippen molar-refractivity contribution in [1.82, 2.24) is 14.9 Å². The number of aromatic amines is 1. The second kappa shape index (κ2) is 6.72. The van der Waals surface area contributed by atoms with E-state index < -0.39 is 17.2 Å². The molecule has 2 N–H and O–H groups in total. The van der Waals surface area contributed by atoms with E-state index in [0.717, 1.165) is 10.1 Å². The lowest BCUT2D eigenvalue weighted by Crippen LogP contribution is -2.40. The van der Waals surface area contributed by atoms with Crippen LogP contribution in [-0.2, 0) is 17.9 Å². The van der Waals surface area contributed by atoms with Gasteiger partial charge in [0.1, 0.15) is 6.54 Å². The Morgan fingerprint density at radius 1 is 1.08 bits per heavy atom. The lowest BCUT2D eigenvalue weighted by molar-refractivity contribution is -0.121. The first-order valence-corrected chi connectivity index (χ1v) is 7.65. The van der Waals surface area contributed by atoms with E-state index >= 15 is 0 Å². The summed E-state index contributed by atoms with van der Waals surface area (Å²) in [4.78, 5) is 39.0. The number of rotatable bonds is 4. The van der Waals surface area contributed by atoms with Gasteiger partial charge in [-0.25, -0.2) is 4.79 Å². The molecule has 2 aromatic carbocycles. The molecule has 0 fully saturated rings. The fraction of sp³-hybridized carbons (Fsp3) is 0.118. The highest BCUT2D eigenvalue weighted by Gasteiger charge is 2.10. The predicted octanol–water partition coefficient (Wildman–Crippen LogP) is 1.66. The minimum absolute atomic E-state index is 0.288. The van der Waals surface area contributed by atoms with Crippen molar-refractivity contribution in [3.63, 3.8) is 0 Å². The summed E-state index contributed by atoms with van der Waals surface area (Å²) < 4.78 is 0.888. The highest BCUT2D eigenvalue weighted by Crippen LogP contribution is 2.09. The van der Waals surface area contributed by atoms with Crippen molar-refractivity contribution in [2.45, 2.75) is 13.1 Å². The van der Waals surface area contributed by atoms with E-state index in [1.54, 1.807) is 48.5 Å². The van der Waals surface area contributed by atoms with Gasteiger partial charge in [0.05, 0.1) is 10.9 Å². The normalized spacial score (nSPS) is 10.7. The summed E-state index contributed by atoms with van der Waals surface area (Å²) in [6, 6.07) is 13.7. The first kappa shape index (κ1) is 16.0. The van der Waals surface area contributed by atoms with Crippen LogP contribution in [0.25, 0.3) is 10.9 Å². The van der Waals surface area contributed by atoms with Gasteiger partial charge in [-0.1, -0.05) is 35.9 Å². The molecule has 1 aromatic heterocycles.